The Hall–Kier alpha value is -3.42. The number of hydrogen-bond donors (Lipinski definition) is 2. The van der Waals surface area contributed by atoms with E-state index in [1.165, 1.54) is 0 Å². The molecule has 0 amide bonds. The highest BCUT2D eigenvalue weighted by atomic mass is 32.1. The molecule has 5 heterocycles. The van der Waals surface area contributed by atoms with E-state index in [0.29, 0.717) is 29.8 Å². The number of hydrogen-bond acceptors (Lipinski definition) is 12. The number of thiocarbonyl (C=S) groups is 1. The van der Waals surface area contributed by atoms with Crippen LogP contribution < -0.4 is 15.0 Å². The minimum absolute atomic E-state index is 0.00393. The van der Waals surface area contributed by atoms with Crippen molar-refractivity contribution in [2.24, 2.45) is 4.99 Å². The van der Waals surface area contributed by atoms with E-state index >= 15 is 0 Å². The van der Waals surface area contributed by atoms with Crippen LogP contribution in [0.4, 0.5) is 5.82 Å². The van der Waals surface area contributed by atoms with Crippen LogP contribution in [0, 0.1) is 0 Å². The molecule has 0 aliphatic carbocycles. The van der Waals surface area contributed by atoms with Gasteiger partial charge in [-0.05, 0) is 52.1 Å². The van der Waals surface area contributed by atoms with Gasteiger partial charge >= 0.3 is 17.1 Å². The summed E-state index contributed by atoms with van der Waals surface area (Å²) in [6, 6.07) is 19.1. The average Bonchev–Trinajstić information content (AvgIpc) is 3.84. The smallest absolute Gasteiger partial charge is 0.335 e. The van der Waals surface area contributed by atoms with Crippen LogP contribution in [-0.4, -0.2) is 73.4 Å². The Morgan fingerprint density at radius 1 is 0.962 bits per heavy atom. The number of anilines is 1. The summed E-state index contributed by atoms with van der Waals surface area (Å²) in [7, 11) is -6.14. The quantitative estimate of drug-likeness (QED) is 0.172. The van der Waals surface area contributed by atoms with E-state index in [-0.39, 0.29) is 33.8 Å². The summed E-state index contributed by atoms with van der Waals surface area (Å²) >= 11 is 6.10. The van der Waals surface area contributed by atoms with Crippen LogP contribution in [0.1, 0.15) is 72.9 Å². The van der Waals surface area contributed by atoms with E-state index in [1.807, 2.05) is 65.8 Å². The zero-order chi connectivity index (χ0) is 37.7. The molecule has 0 saturated carbocycles. The lowest BCUT2D eigenvalue weighted by Crippen LogP contribution is -2.68. The lowest BCUT2D eigenvalue weighted by Gasteiger charge is -2.52. The molecule has 4 aliphatic heterocycles. The molecular weight excluding hydrogens is 727 g/mol. The van der Waals surface area contributed by atoms with Gasteiger partial charge < -0.3 is 37.6 Å². The number of imidazole rings is 1. The first-order chi connectivity index (χ1) is 25.3. The molecule has 12 nitrogen and oxygen atoms in total. The molecule has 53 heavy (non-hydrogen) atoms. The first-order valence-electron chi connectivity index (χ1n) is 18.5. The summed E-state index contributed by atoms with van der Waals surface area (Å²) < 4.78 is 43.4. The minimum atomic E-state index is -3.23. The molecule has 4 aliphatic rings. The summed E-state index contributed by atoms with van der Waals surface area (Å²) in [6.07, 6.45) is 1.95. The Balaban J connectivity index is 1.35. The number of aromatic nitrogens is 2. The Labute approximate surface area is 319 Å². The standard InChI is InChI=1S/C38H51N5O7SSi2/c1-24(2)52(25(3)4)46-22-30-32(49-53(50-52,26(5)6)27(7)8)38(44,36(51)47-29-17-13-10-14-18-29)35(48-30)43-23-40-31-33(45-21-28-15-11-9-12-16-28)41-37-39-19-20-42(37)34(31)43/h9-20,23-27,30,32,35,37,39,44H,21-22H2,1-8H3/t30-,32-,35-,37+,38-/m1/s1. The van der Waals surface area contributed by atoms with Crippen molar-refractivity contribution in [3.8, 4) is 5.75 Å². The molecule has 2 saturated heterocycles. The van der Waals surface area contributed by atoms with Crippen LogP contribution in [0.25, 0.3) is 0 Å². The van der Waals surface area contributed by atoms with E-state index in [2.05, 4.69) is 60.7 Å². The molecule has 2 N–H and O–H groups in total. The molecule has 0 bridgehead atoms. The van der Waals surface area contributed by atoms with Crippen LogP contribution in [0.3, 0.4) is 0 Å². The van der Waals surface area contributed by atoms with Crippen molar-refractivity contribution in [3.05, 3.63) is 90.6 Å². The Bertz CT molecular complexity index is 1830. The maximum Gasteiger partial charge on any atom is 0.335 e. The van der Waals surface area contributed by atoms with Gasteiger partial charge in [-0.3, -0.25) is 9.47 Å². The van der Waals surface area contributed by atoms with Gasteiger partial charge in [-0.2, -0.15) is 0 Å². The summed E-state index contributed by atoms with van der Waals surface area (Å²) in [5.41, 5.74) is -0.252. The third kappa shape index (κ3) is 6.48. The molecule has 7 rings (SSSR count). The predicted octanol–water partition coefficient (Wildman–Crippen LogP) is 7.02. The topological polar surface area (TPSA) is 121 Å². The van der Waals surface area contributed by atoms with Crippen molar-refractivity contribution >= 4 is 46.1 Å². The van der Waals surface area contributed by atoms with Crippen LogP contribution in [0.15, 0.2) is 84.4 Å². The van der Waals surface area contributed by atoms with E-state index in [9.17, 15) is 5.11 Å². The fourth-order valence-corrected chi connectivity index (χ4v) is 19.5. The van der Waals surface area contributed by atoms with Gasteiger partial charge in [0.05, 0.1) is 12.9 Å². The second-order valence-electron chi connectivity index (χ2n) is 15.4. The second-order valence-corrected chi connectivity index (χ2v) is 24.6. The fraction of sp³-hybridized carbons (Fsp3) is 0.500. The van der Waals surface area contributed by atoms with Crippen LogP contribution >= 0.6 is 12.2 Å². The lowest BCUT2D eigenvalue weighted by atomic mass is 9.94. The van der Waals surface area contributed by atoms with Gasteiger partial charge in [-0.25, -0.2) is 9.98 Å². The molecule has 15 heteroatoms. The number of nitrogens with one attached hydrogen (secondary N) is 1. The summed E-state index contributed by atoms with van der Waals surface area (Å²) in [4.78, 5) is 11.6. The minimum Gasteiger partial charge on any atom is -0.471 e. The number of fused-ring (bicyclic) bond motifs is 4. The molecule has 3 aromatic rings. The van der Waals surface area contributed by atoms with Crippen molar-refractivity contribution in [2.75, 3.05) is 11.5 Å². The van der Waals surface area contributed by atoms with Crippen LogP contribution in [0.2, 0.25) is 22.2 Å². The highest BCUT2D eigenvalue weighted by Gasteiger charge is 2.68. The van der Waals surface area contributed by atoms with Crippen molar-refractivity contribution in [1.82, 2.24) is 14.9 Å². The maximum absolute atomic E-state index is 13.4. The van der Waals surface area contributed by atoms with Crippen LogP contribution in [0.5, 0.6) is 5.75 Å². The number of benzene rings is 2. The first-order valence-corrected chi connectivity index (χ1v) is 22.9. The van der Waals surface area contributed by atoms with Gasteiger partial charge in [-0.1, -0.05) is 104 Å². The second kappa shape index (κ2) is 14.7. The summed E-state index contributed by atoms with van der Waals surface area (Å²) in [6.45, 7) is 17.7. The third-order valence-corrected chi connectivity index (χ3v) is 21.4. The van der Waals surface area contributed by atoms with Crippen LogP contribution in [-0.2, 0) is 29.0 Å². The molecule has 5 atom stereocenters. The van der Waals surface area contributed by atoms with Crippen molar-refractivity contribution in [1.29, 1.82) is 0 Å². The first kappa shape index (κ1) is 37.9. The van der Waals surface area contributed by atoms with Crippen molar-refractivity contribution in [3.63, 3.8) is 0 Å². The Kier molecular flexibility index (Phi) is 10.5. The van der Waals surface area contributed by atoms with Gasteiger partial charge in [-0.15, -0.1) is 0 Å². The molecule has 1 aromatic heterocycles. The monoisotopic (exact) mass is 777 g/mol. The summed E-state index contributed by atoms with van der Waals surface area (Å²) in [5.74, 6) is 1.45. The predicted molar refractivity (Wildman–Crippen MR) is 211 cm³/mol. The van der Waals surface area contributed by atoms with E-state index in [4.69, 9.17) is 49.4 Å². The molecule has 2 aromatic carbocycles. The number of aliphatic imine (C=N–C) groups is 1. The van der Waals surface area contributed by atoms with E-state index < -0.39 is 47.4 Å². The zero-order valence-corrected chi connectivity index (χ0v) is 34.4. The number of aliphatic hydroxyl groups is 1. The lowest BCUT2D eigenvalue weighted by molar-refractivity contribution is -0.0708. The highest BCUT2D eigenvalue weighted by Crippen LogP contribution is 2.52. The normalized spacial score (nSPS) is 27.2. The number of ether oxygens (including phenoxy) is 3. The van der Waals surface area contributed by atoms with E-state index in [0.717, 1.165) is 5.56 Å². The zero-order valence-electron chi connectivity index (χ0n) is 31.6. The van der Waals surface area contributed by atoms with Gasteiger partial charge in [0, 0.05) is 12.4 Å². The largest absolute Gasteiger partial charge is 0.471 e. The molecular formula is C38H51N5O7SSi2. The molecule has 0 spiro atoms. The number of rotatable bonds is 9. The third-order valence-electron chi connectivity index (χ3n) is 10.7. The van der Waals surface area contributed by atoms with Gasteiger partial charge in [0.25, 0.3) is 0 Å². The molecule has 0 radical (unpaired) electrons. The van der Waals surface area contributed by atoms with Gasteiger partial charge in [0.15, 0.2) is 17.7 Å². The summed E-state index contributed by atoms with van der Waals surface area (Å²) in [5, 5.41) is 16.6. The Morgan fingerprint density at radius 3 is 2.25 bits per heavy atom. The fourth-order valence-electron chi connectivity index (χ4n) is 7.95. The Morgan fingerprint density at radius 2 is 1.60 bits per heavy atom. The maximum atomic E-state index is 13.4. The van der Waals surface area contributed by atoms with Gasteiger partial charge in [0.1, 0.15) is 24.6 Å². The van der Waals surface area contributed by atoms with E-state index in [1.54, 1.807) is 23.0 Å². The van der Waals surface area contributed by atoms with Crippen molar-refractivity contribution < 1.29 is 32.3 Å². The van der Waals surface area contributed by atoms with Crippen molar-refractivity contribution in [2.45, 2.75) is 114 Å². The molecule has 0 unspecified atom stereocenters. The average molecular weight is 778 g/mol. The molecule has 284 valence electrons. The SMILES string of the molecule is CC(C)[Si]1(C(C)C)OC[C@H]2O[C@@H](n3cnc4c3N3C=CN[C@H]3N=C4OCc3ccccc3)[C@@](O)(C(=S)Oc3ccccc3)[C@@H]2O[Si](C(C)C)(C(C)C)O1. The van der Waals surface area contributed by atoms with Gasteiger partial charge in [0.2, 0.25) is 22.8 Å². The number of para-hydroxylation sites is 1. The number of nitrogens with zero attached hydrogens (tertiary/aromatic N) is 4. The highest BCUT2D eigenvalue weighted by molar-refractivity contribution is 7.80. The molecule has 2 fully saturated rings.